The molecule has 9 nitrogen and oxygen atoms in total. The summed E-state index contributed by atoms with van der Waals surface area (Å²) in [7, 11) is 4.67. The van der Waals surface area contributed by atoms with Gasteiger partial charge in [0, 0.05) is 6.54 Å². The third-order valence-electron chi connectivity index (χ3n) is 5.66. The number of benzene rings is 2. The van der Waals surface area contributed by atoms with Crippen LogP contribution >= 0.6 is 0 Å². The Kier molecular flexibility index (Phi) is 7.42. The molecule has 1 heterocycles. The van der Waals surface area contributed by atoms with Crippen molar-refractivity contribution in [3.63, 3.8) is 0 Å². The topological polar surface area (TPSA) is 106 Å². The molecule has 4 amide bonds. The molecular weight excluding hydrogens is 426 g/mol. The van der Waals surface area contributed by atoms with Crippen LogP contribution in [0.1, 0.15) is 24.5 Å². The van der Waals surface area contributed by atoms with Gasteiger partial charge in [-0.1, -0.05) is 18.2 Å². The largest absolute Gasteiger partial charge is 0.497 e. The third-order valence-corrected chi connectivity index (χ3v) is 5.66. The number of nitrogens with one attached hydrogen (secondary N) is 2. The highest BCUT2D eigenvalue weighted by Gasteiger charge is 2.47. The number of methoxy groups -OCH3 is 3. The Morgan fingerprint density at radius 2 is 1.64 bits per heavy atom. The van der Waals surface area contributed by atoms with Crippen molar-refractivity contribution in [2.75, 3.05) is 27.9 Å². The van der Waals surface area contributed by atoms with Gasteiger partial charge in [0.05, 0.1) is 21.3 Å². The summed E-state index contributed by atoms with van der Waals surface area (Å²) in [5.74, 6) is 1.03. The van der Waals surface area contributed by atoms with Crippen molar-refractivity contribution in [3.8, 4) is 17.2 Å². The van der Waals surface area contributed by atoms with E-state index >= 15 is 0 Å². The molecule has 1 aliphatic heterocycles. The van der Waals surface area contributed by atoms with E-state index in [0.717, 1.165) is 21.8 Å². The number of hydrogen-bond acceptors (Lipinski definition) is 6. The van der Waals surface area contributed by atoms with Crippen LogP contribution in [0.4, 0.5) is 4.79 Å². The maximum absolute atomic E-state index is 12.9. The molecule has 1 unspecified atom stereocenters. The van der Waals surface area contributed by atoms with Gasteiger partial charge in [0.2, 0.25) is 5.91 Å². The van der Waals surface area contributed by atoms with Crippen molar-refractivity contribution < 1.29 is 28.6 Å². The quantitative estimate of drug-likeness (QED) is 0.533. The first kappa shape index (κ1) is 23.9. The summed E-state index contributed by atoms with van der Waals surface area (Å²) in [4.78, 5) is 38.8. The van der Waals surface area contributed by atoms with Crippen LogP contribution in [-0.2, 0) is 22.6 Å². The molecule has 0 aliphatic carbocycles. The molecule has 1 fully saturated rings. The second-order valence-electron chi connectivity index (χ2n) is 7.97. The van der Waals surface area contributed by atoms with Gasteiger partial charge in [-0.25, -0.2) is 4.79 Å². The number of nitrogens with zero attached hydrogens (tertiary/aromatic N) is 1. The Morgan fingerprint density at radius 1 is 0.970 bits per heavy atom. The second-order valence-corrected chi connectivity index (χ2v) is 7.97. The zero-order valence-corrected chi connectivity index (χ0v) is 19.3. The second kappa shape index (κ2) is 10.2. The molecule has 0 aromatic heterocycles. The van der Waals surface area contributed by atoms with E-state index in [9.17, 15) is 14.4 Å². The average Bonchev–Trinajstić information content (AvgIpc) is 3.04. The van der Waals surface area contributed by atoms with E-state index in [0.29, 0.717) is 24.3 Å². The van der Waals surface area contributed by atoms with Gasteiger partial charge in [-0.2, -0.15) is 0 Å². The van der Waals surface area contributed by atoms with Gasteiger partial charge in [-0.3, -0.25) is 14.5 Å². The third kappa shape index (κ3) is 5.54. The molecule has 9 heteroatoms. The number of amides is 4. The van der Waals surface area contributed by atoms with Crippen molar-refractivity contribution in [3.05, 3.63) is 53.6 Å². The molecule has 1 aliphatic rings. The van der Waals surface area contributed by atoms with Crippen molar-refractivity contribution in [2.24, 2.45) is 0 Å². The van der Waals surface area contributed by atoms with E-state index in [-0.39, 0.29) is 13.1 Å². The molecular formula is C24H29N3O6. The first-order valence-electron chi connectivity index (χ1n) is 10.5. The molecule has 1 atom stereocenters. The van der Waals surface area contributed by atoms with Crippen molar-refractivity contribution in [1.82, 2.24) is 15.5 Å². The fourth-order valence-corrected chi connectivity index (χ4v) is 3.64. The van der Waals surface area contributed by atoms with Crippen LogP contribution in [0.5, 0.6) is 17.2 Å². The van der Waals surface area contributed by atoms with Crippen LogP contribution < -0.4 is 24.8 Å². The Hall–Kier alpha value is -3.75. The first-order valence-corrected chi connectivity index (χ1v) is 10.5. The zero-order valence-electron chi connectivity index (χ0n) is 19.3. The summed E-state index contributed by atoms with van der Waals surface area (Å²) in [5.41, 5.74) is 0.744. The molecule has 33 heavy (non-hydrogen) atoms. The van der Waals surface area contributed by atoms with Crippen LogP contribution in [0.15, 0.2) is 42.5 Å². The lowest BCUT2D eigenvalue weighted by atomic mass is 9.93. The minimum Gasteiger partial charge on any atom is -0.497 e. The molecule has 176 valence electrons. The number of imide groups is 1. The van der Waals surface area contributed by atoms with Gasteiger partial charge in [-0.15, -0.1) is 0 Å². The lowest BCUT2D eigenvalue weighted by molar-refractivity contribution is -0.134. The number of aryl methyl sites for hydroxylation is 1. The maximum atomic E-state index is 12.9. The SMILES string of the molecule is COc1ccc(CCC2(C)NC(=O)N(CC(=O)NCc3ccc(OC)c(OC)c3)C2=O)cc1. The number of carbonyl (C=O) groups is 3. The number of ether oxygens (including phenoxy) is 3. The van der Waals surface area contributed by atoms with Gasteiger partial charge < -0.3 is 24.8 Å². The van der Waals surface area contributed by atoms with Gasteiger partial charge in [0.15, 0.2) is 11.5 Å². The fourth-order valence-electron chi connectivity index (χ4n) is 3.64. The molecule has 0 radical (unpaired) electrons. The van der Waals surface area contributed by atoms with Crippen molar-refractivity contribution in [2.45, 2.75) is 31.8 Å². The van der Waals surface area contributed by atoms with E-state index in [4.69, 9.17) is 14.2 Å². The zero-order chi connectivity index (χ0) is 24.0. The Labute approximate surface area is 193 Å². The minimum atomic E-state index is -1.07. The maximum Gasteiger partial charge on any atom is 0.325 e. The average molecular weight is 456 g/mol. The lowest BCUT2D eigenvalue weighted by Crippen LogP contribution is -2.45. The van der Waals surface area contributed by atoms with Gasteiger partial charge in [0.1, 0.15) is 17.8 Å². The van der Waals surface area contributed by atoms with E-state index in [1.807, 2.05) is 24.3 Å². The Bertz CT molecular complexity index is 1020. The van der Waals surface area contributed by atoms with Crippen LogP contribution in [-0.4, -0.2) is 56.2 Å². The summed E-state index contributed by atoms with van der Waals surface area (Å²) in [5, 5.41) is 5.46. The standard InChI is InChI=1S/C24H29N3O6/c1-24(12-11-16-5-8-18(31-2)9-6-16)22(29)27(23(30)26-24)15-21(28)25-14-17-7-10-19(32-3)20(13-17)33-4/h5-10,13H,11-12,14-15H2,1-4H3,(H,25,28)(H,26,30). The number of urea groups is 1. The highest BCUT2D eigenvalue weighted by atomic mass is 16.5. The van der Waals surface area contributed by atoms with E-state index < -0.39 is 23.4 Å². The van der Waals surface area contributed by atoms with E-state index in [1.165, 1.54) is 7.11 Å². The molecule has 1 saturated heterocycles. The smallest absolute Gasteiger partial charge is 0.325 e. The molecule has 0 saturated carbocycles. The van der Waals surface area contributed by atoms with Crippen LogP contribution in [0.2, 0.25) is 0 Å². The molecule has 2 N–H and O–H groups in total. The number of hydrogen-bond donors (Lipinski definition) is 2. The van der Waals surface area contributed by atoms with Crippen LogP contribution in [0, 0.1) is 0 Å². The molecule has 0 spiro atoms. The summed E-state index contributed by atoms with van der Waals surface area (Å²) in [6, 6.07) is 12.3. The first-order chi connectivity index (χ1) is 15.8. The Balaban J connectivity index is 1.55. The summed E-state index contributed by atoms with van der Waals surface area (Å²) < 4.78 is 15.6. The molecule has 2 aromatic carbocycles. The molecule has 3 rings (SSSR count). The van der Waals surface area contributed by atoms with Gasteiger partial charge in [-0.05, 0) is 55.2 Å². The highest BCUT2D eigenvalue weighted by Crippen LogP contribution is 2.27. The summed E-state index contributed by atoms with van der Waals surface area (Å²) in [6.07, 6.45) is 1.000. The summed E-state index contributed by atoms with van der Waals surface area (Å²) in [6.45, 7) is 1.55. The monoisotopic (exact) mass is 455 g/mol. The van der Waals surface area contributed by atoms with Crippen molar-refractivity contribution >= 4 is 17.8 Å². The molecule has 0 bridgehead atoms. The fraction of sp³-hybridized carbons (Fsp3) is 0.375. The van der Waals surface area contributed by atoms with Crippen molar-refractivity contribution in [1.29, 1.82) is 0 Å². The van der Waals surface area contributed by atoms with Gasteiger partial charge >= 0.3 is 6.03 Å². The number of carbonyl (C=O) groups excluding carboxylic acids is 3. The molecule has 2 aromatic rings. The van der Waals surface area contributed by atoms with Crippen LogP contribution in [0.3, 0.4) is 0 Å². The van der Waals surface area contributed by atoms with E-state index in [1.54, 1.807) is 39.3 Å². The highest BCUT2D eigenvalue weighted by molar-refractivity contribution is 6.08. The normalized spacial score (nSPS) is 17.5. The Morgan fingerprint density at radius 3 is 2.27 bits per heavy atom. The number of rotatable bonds is 10. The van der Waals surface area contributed by atoms with Crippen LogP contribution in [0.25, 0.3) is 0 Å². The predicted octanol–water partition coefficient (Wildman–Crippen LogP) is 2.27. The predicted molar refractivity (Wildman–Crippen MR) is 121 cm³/mol. The van der Waals surface area contributed by atoms with E-state index in [2.05, 4.69) is 10.6 Å². The van der Waals surface area contributed by atoms with Gasteiger partial charge in [0.25, 0.3) is 5.91 Å². The minimum absolute atomic E-state index is 0.220. The summed E-state index contributed by atoms with van der Waals surface area (Å²) >= 11 is 0. The lowest BCUT2D eigenvalue weighted by Gasteiger charge is -2.21.